The van der Waals surface area contributed by atoms with Crippen LogP contribution in [0.15, 0.2) is 24.4 Å². The zero-order chi connectivity index (χ0) is 12.1. The number of anilines is 2. The number of pyridine rings is 1. The maximum atomic E-state index is 5.88. The Morgan fingerprint density at radius 1 is 1.19 bits per heavy atom. The van der Waals surface area contributed by atoms with Crippen LogP contribution >= 0.6 is 0 Å². The molecular weight excluding hydrogens is 198 g/mol. The molecule has 0 aliphatic rings. The van der Waals surface area contributed by atoms with Crippen molar-refractivity contribution in [2.75, 3.05) is 11.5 Å². The third kappa shape index (κ3) is 2.24. The molecule has 1 heterocycles. The number of fused-ring (bicyclic) bond motifs is 1. The molecular formula is C13H19N3. The van der Waals surface area contributed by atoms with Crippen molar-refractivity contribution >= 4 is 22.3 Å². The number of nitrogens with zero attached hydrogens (tertiary/aromatic N) is 1. The number of hydrogen-bond acceptors (Lipinski definition) is 3. The lowest BCUT2D eigenvalue weighted by Gasteiger charge is -2.06. The summed E-state index contributed by atoms with van der Waals surface area (Å²) < 4.78 is 0. The van der Waals surface area contributed by atoms with Gasteiger partial charge in [0.05, 0.1) is 0 Å². The summed E-state index contributed by atoms with van der Waals surface area (Å²) in [6.45, 7) is 6.09. The van der Waals surface area contributed by atoms with E-state index in [4.69, 9.17) is 11.5 Å². The highest BCUT2D eigenvalue weighted by molar-refractivity contribution is 5.93. The van der Waals surface area contributed by atoms with Crippen LogP contribution in [-0.2, 0) is 6.42 Å². The molecule has 0 aliphatic heterocycles. The number of hydrogen-bond donors (Lipinski definition) is 2. The van der Waals surface area contributed by atoms with Crippen LogP contribution < -0.4 is 11.5 Å². The summed E-state index contributed by atoms with van der Waals surface area (Å²) in [5.74, 6) is 0.539. The van der Waals surface area contributed by atoms with E-state index in [1.807, 2.05) is 26.0 Å². The standard InChI is InChI=1S/C11H13N3.C2H6/c1-2-7-5-8-3-4-14-11(13)9(8)6-10(7)12;1-2/h3-6H,2,12H2,1H3,(H2,13,14);1-2H3. The highest BCUT2D eigenvalue weighted by Gasteiger charge is 2.03. The molecule has 0 spiro atoms. The summed E-state index contributed by atoms with van der Waals surface area (Å²) in [6, 6.07) is 5.92. The van der Waals surface area contributed by atoms with Gasteiger partial charge in [-0.25, -0.2) is 4.98 Å². The van der Waals surface area contributed by atoms with E-state index in [1.54, 1.807) is 6.20 Å². The Morgan fingerprint density at radius 2 is 1.88 bits per heavy atom. The lowest BCUT2D eigenvalue weighted by Crippen LogP contribution is -1.96. The third-order valence-electron chi connectivity index (χ3n) is 2.44. The minimum absolute atomic E-state index is 0.539. The van der Waals surface area contributed by atoms with Crippen LogP contribution in [0.2, 0.25) is 0 Å². The summed E-state index contributed by atoms with van der Waals surface area (Å²) in [4.78, 5) is 4.03. The first-order valence-corrected chi connectivity index (χ1v) is 5.65. The topological polar surface area (TPSA) is 64.9 Å². The molecule has 0 radical (unpaired) electrons. The second-order valence-electron chi connectivity index (χ2n) is 3.32. The van der Waals surface area contributed by atoms with Gasteiger partial charge in [-0.3, -0.25) is 0 Å². The van der Waals surface area contributed by atoms with E-state index >= 15 is 0 Å². The first-order chi connectivity index (χ1) is 7.72. The van der Waals surface area contributed by atoms with Gasteiger partial charge in [-0.2, -0.15) is 0 Å². The van der Waals surface area contributed by atoms with E-state index < -0.39 is 0 Å². The molecule has 0 aliphatic carbocycles. The van der Waals surface area contributed by atoms with Crippen molar-refractivity contribution in [1.29, 1.82) is 0 Å². The quantitative estimate of drug-likeness (QED) is 0.722. The molecule has 4 N–H and O–H groups in total. The van der Waals surface area contributed by atoms with Crippen molar-refractivity contribution < 1.29 is 0 Å². The van der Waals surface area contributed by atoms with Crippen molar-refractivity contribution in [3.63, 3.8) is 0 Å². The van der Waals surface area contributed by atoms with Crippen LogP contribution in [0.25, 0.3) is 10.8 Å². The Morgan fingerprint density at radius 3 is 2.50 bits per heavy atom. The van der Waals surface area contributed by atoms with Crippen molar-refractivity contribution in [3.8, 4) is 0 Å². The van der Waals surface area contributed by atoms with E-state index in [9.17, 15) is 0 Å². The van der Waals surface area contributed by atoms with E-state index in [0.717, 1.165) is 28.4 Å². The predicted octanol–water partition coefficient (Wildman–Crippen LogP) is 2.99. The number of nitrogens with two attached hydrogens (primary N) is 2. The summed E-state index contributed by atoms with van der Waals surface area (Å²) >= 11 is 0. The van der Waals surface area contributed by atoms with Crippen LogP contribution in [0.4, 0.5) is 11.5 Å². The molecule has 1 aromatic heterocycles. The zero-order valence-electron chi connectivity index (χ0n) is 10.1. The number of aryl methyl sites for hydroxylation is 1. The van der Waals surface area contributed by atoms with Gasteiger partial charge < -0.3 is 11.5 Å². The fourth-order valence-corrected chi connectivity index (χ4v) is 1.61. The fraction of sp³-hybridized carbons (Fsp3) is 0.308. The lowest BCUT2D eigenvalue weighted by atomic mass is 10.0. The van der Waals surface area contributed by atoms with Crippen LogP contribution in [0.1, 0.15) is 26.3 Å². The third-order valence-corrected chi connectivity index (χ3v) is 2.44. The Bertz CT molecular complexity index is 478. The summed E-state index contributed by atoms with van der Waals surface area (Å²) in [7, 11) is 0. The Kier molecular flexibility index (Phi) is 4.11. The van der Waals surface area contributed by atoms with Crippen LogP contribution in [0, 0.1) is 0 Å². The number of benzene rings is 1. The van der Waals surface area contributed by atoms with E-state index in [2.05, 4.69) is 18.0 Å². The van der Waals surface area contributed by atoms with Crippen molar-refractivity contribution in [3.05, 3.63) is 30.0 Å². The average Bonchev–Trinajstić information content (AvgIpc) is 2.32. The summed E-state index contributed by atoms with van der Waals surface area (Å²) in [6.07, 6.45) is 2.65. The van der Waals surface area contributed by atoms with Crippen LogP contribution in [0.3, 0.4) is 0 Å². The Hall–Kier alpha value is -1.77. The molecule has 2 rings (SSSR count). The van der Waals surface area contributed by atoms with E-state index in [-0.39, 0.29) is 0 Å². The van der Waals surface area contributed by atoms with Crippen molar-refractivity contribution in [1.82, 2.24) is 4.98 Å². The van der Waals surface area contributed by atoms with Gasteiger partial charge in [-0.15, -0.1) is 0 Å². The van der Waals surface area contributed by atoms with Gasteiger partial charge in [0.15, 0.2) is 0 Å². The zero-order valence-corrected chi connectivity index (χ0v) is 10.1. The normalized spacial score (nSPS) is 9.69. The van der Waals surface area contributed by atoms with Crippen molar-refractivity contribution in [2.24, 2.45) is 0 Å². The molecule has 0 bridgehead atoms. The molecule has 0 atom stereocenters. The maximum Gasteiger partial charge on any atom is 0.131 e. The van der Waals surface area contributed by atoms with E-state index in [0.29, 0.717) is 5.82 Å². The largest absolute Gasteiger partial charge is 0.398 e. The van der Waals surface area contributed by atoms with Crippen LogP contribution in [-0.4, -0.2) is 4.98 Å². The van der Waals surface area contributed by atoms with Gasteiger partial charge in [0.1, 0.15) is 5.82 Å². The fourth-order valence-electron chi connectivity index (χ4n) is 1.61. The molecule has 2 aromatic rings. The van der Waals surface area contributed by atoms with Gasteiger partial charge in [0.25, 0.3) is 0 Å². The minimum atomic E-state index is 0.539. The molecule has 1 aromatic carbocycles. The van der Waals surface area contributed by atoms with Gasteiger partial charge in [-0.05, 0) is 35.6 Å². The second-order valence-corrected chi connectivity index (χ2v) is 3.32. The first-order valence-electron chi connectivity index (χ1n) is 5.65. The smallest absolute Gasteiger partial charge is 0.131 e. The van der Waals surface area contributed by atoms with Gasteiger partial charge >= 0.3 is 0 Å². The molecule has 0 unspecified atom stereocenters. The molecule has 3 nitrogen and oxygen atoms in total. The molecule has 0 saturated carbocycles. The molecule has 0 amide bonds. The number of aromatic nitrogens is 1. The molecule has 0 saturated heterocycles. The van der Waals surface area contributed by atoms with Gasteiger partial charge in [0.2, 0.25) is 0 Å². The highest BCUT2D eigenvalue weighted by Crippen LogP contribution is 2.25. The molecule has 3 heteroatoms. The number of rotatable bonds is 1. The van der Waals surface area contributed by atoms with Crippen LogP contribution in [0.5, 0.6) is 0 Å². The molecule has 16 heavy (non-hydrogen) atoms. The Balaban J connectivity index is 0.000000606. The predicted molar refractivity (Wildman–Crippen MR) is 71.3 cm³/mol. The highest BCUT2D eigenvalue weighted by atomic mass is 14.8. The van der Waals surface area contributed by atoms with Gasteiger partial charge in [-0.1, -0.05) is 20.8 Å². The SMILES string of the molecule is CC.CCc1cc2ccnc(N)c2cc1N. The van der Waals surface area contributed by atoms with Crippen molar-refractivity contribution in [2.45, 2.75) is 27.2 Å². The number of nitrogen functional groups attached to an aromatic ring is 2. The first kappa shape index (κ1) is 12.3. The summed E-state index contributed by atoms with van der Waals surface area (Å²) in [5.41, 5.74) is 13.6. The second kappa shape index (κ2) is 5.35. The molecule has 86 valence electrons. The molecule has 0 fully saturated rings. The monoisotopic (exact) mass is 217 g/mol. The summed E-state index contributed by atoms with van der Waals surface area (Å²) in [5, 5.41) is 2.03. The lowest BCUT2D eigenvalue weighted by molar-refractivity contribution is 1.15. The average molecular weight is 217 g/mol. The Labute approximate surface area is 96.5 Å². The minimum Gasteiger partial charge on any atom is -0.398 e. The van der Waals surface area contributed by atoms with E-state index in [1.165, 1.54) is 0 Å². The van der Waals surface area contributed by atoms with Gasteiger partial charge in [0, 0.05) is 17.3 Å². The maximum absolute atomic E-state index is 5.88.